The highest BCUT2D eigenvalue weighted by molar-refractivity contribution is 7.87. The van der Waals surface area contributed by atoms with Gasteiger partial charge in [0.05, 0.1) is 0 Å². The Morgan fingerprint density at radius 2 is 1.42 bits per heavy atom. The van der Waals surface area contributed by atoms with Crippen LogP contribution >= 0.6 is 0 Å². The van der Waals surface area contributed by atoms with E-state index in [2.05, 4.69) is 10.0 Å². The van der Waals surface area contributed by atoms with E-state index in [1.54, 1.807) is 4.31 Å². The monoisotopic (exact) mass is 289 g/mol. The highest BCUT2D eigenvalue weighted by atomic mass is 32.2. The molecule has 6 heteroatoms. The third kappa shape index (κ3) is 4.41. The molecule has 1 saturated carbocycles. The fraction of sp³-hybridized carbons (Fsp3) is 1.00. The van der Waals surface area contributed by atoms with Gasteiger partial charge in [-0.3, -0.25) is 0 Å². The predicted octanol–water partition coefficient (Wildman–Crippen LogP) is 1.23. The lowest BCUT2D eigenvalue weighted by atomic mass is 9.92. The zero-order valence-corrected chi connectivity index (χ0v) is 12.7. The van der Waals surface area contributed by atoms with E-state index in [0.29, 0.717) is 19.1 Å². The molecular formula is C13H27N3O2S. The van der Waals surface area contributed by atoms with Crippen LogP contribution in [0.25, 0.3) is 0 Å². The molecule has 2 rings (SSSR count). The molecule has 1 heterocycles. The smallest absolute Gasteiger partial charge is 0.279 e. The highest BCUT2D eigenvalue weighted by Gasteiger charge is 2.28. The number of hydrogen-bond acceptors (Lipinski definition) is 3. The Bertz CT molecular complexity index is 356. The Morgan fingerprint density at radius 1 is 0.895 bits per heavy atom. The van der Waals surface area contributed by atoms with Gasteiger partial charge in [0.2, 0.25) is 0 Å². The molecule has 0 spiro atoms. The normalized spacial score (nSPS) is 31.0. The summed E-state index contributed by atoms with van der Waals surface area (Å²) in [4.78, 5) is 0. The first-order chi connectivity index (χ1) is 9.12. The van der Waals surface area contributed by atoms with Gasteiger partial charge in [-0.25, -0.2) is 0 Å². The Labute approximate surface area is 117 Å². The first-order valence-electron chi connectivity index (χ1n) is 7.56. The second-order valence-corrected chi connectivity index (χ2v) is 7.48. The highest BCUT2D eigenvalue weighted by Crippen LogP contribution is 2.20. The summed E-state index contributed by atoms with van der Waals surface area (Å²) in [5.41, 5.74) is 0. The molecule has 0 aromatic heterocycles. The van der Waals surface area contributed by atoms with Crippen molar-refractivity contribution in [1.29, 1.82) is 0 Å². The van der Waals surface area contributed by atoms with E-state index >= 15 is 0 Å². The molecule has 1 saturated heterocycles. The maximum atomic E-state index is 12.4. The van der Waals surface area contributed by atoms with Gasteiger partial charge in [-0.05, 0) is 45.6 Å². The number of nitrogens with one attached hydrogen (secondary N) is 2. The van der Waals surface area contributed by atoms with E-state index in [4.69, 9.17) is 0 Å². The quantitative estimate of drug-likeness (QED) is 0.818. The van der Waals surface area contributed by atoms with Crippen molar-refractivity contribution in [1.82, 2.24) is 14.3 Å². The maximum absolute atomic E-state index is 12.4. The molecule has 0 bridgehead atoms. The molecule has 19 heavy (non-hydrogen) atoms. The van der Waals surface area contributed by atoms with Crippen molar-refractivity contribution in [3.8, 4) is 0 Å². The van der Waals surface area contributed by atoms with Gasteiger partial charge >= 0.3 is 0 Å². The van der Waals surface area contributed by atoms with Gasteiger partial charge in [0.15, 0.2) is 0 Å². The van der Waals surface area contributed by atoms with Gasteiger partial charge in [-0.2, -0.15) is 17.4 Å². The van der Waals surface area contributed by atoms with Gasteiger partial charge in [0, 0.05) is 25.2 Å². The number of hydrogen-bond donors (Lipinski definition) is 2. The topological polar surface area (TPSA) is 61.4 Å². The van der Waals surface area contributed by atoms with Gasteiger partial charge in [-0.1, -0.05) is 12.8 Å². The standard InChI is InChI=1S/C13H27N3O2S/c1-14-12-6-8-13(9-7-12)15-19(17,18)16-10-4-2-3-5-11-16/h12-15H,2-11H2,1H3. The lowest BCUT2D eigenvalue weighted by molar-refractivity contribution is 0.332. The van der Waals surface area contributed by atoms with Crippen molar-refractivity contribution in [2.24, 2.45) is 0 Å². The van der Waals surface area contributed by atoms with Crippen molar-refractivity contribution in [3.05, 3.63) is 0 Å². The van der Waals surface area contributed by atoms with Crippen LogP contribution in [-0.2, 0) is 10.2 Å². The number of rotatable bonds is 4. The fourth-order valence-corrected chi connectivity index (χ4v) is 4.61. The largest absolute Gasteiger partial charge is 0.317 e. The van der Waals surface area contributed by atoms with Crippen LogP contribution in [-0.4, -0.2) is 44.9 Å². The zero-order valence-electron chi connectivity index (χ0n) is 11.9. The molecule has 0 aromatic carbocycles. The Morgan fingerprint density at radius 3 is 1.95 bits per heavy atom. The minimum Gasteiger partial charge on any atom is -0.317 e. The summed E-state index contributed by atoms with van der Waals surface area (Å²) in [5.74, 6) is 0. The molecule has 2 N–H and O–H groups in total. The van der Waals surface area contributed by atoms with E-state index in [1.165, 1.54) is 0 Å². The first-order valence-corrected chi connectivity index (χ1v) is 9.00. The van der Waals surface area contributed by atoms with E-state index in [9.17, 15) is 8.42 Å². The minimum absolute atomic E-state index is 0.123. The van der Waals surface area contributed by atoms with Crippen LogP contribution < -0.4 is 10.0 Å². The Kier molecular flexibility index (Phi) is 5.62. The van der Waals surface area contributed by atoms with Gasteiger partial charge < -0.3 is 5.32 Å². The van der Waals surface area contributed by atoms with E-state index in [-0.39, 0.29) is 6.04 Å². The Hall–Kier alpha value is -0.170. The van der Waals surface area contributed by atoms with Crippen LogP contribution in [0, 0.1) is 0 Å². The van der Waals surface area contributed by atoms with E-state index < -0.39 is 10.2 Å². The van der Waals surface area contributed by atoms with Crippen LogP contribution in [0.15, 0.2) is 0 Å². The van der Waals surface area contributed by atoms with Crippen molar-refractivity contribution in [3.63, 3.8) is 0 Å². The van der Waals surface area contributed by atoms with E-state index in [1.807, 2.05) is 7.05 Å². The molecule has 0 amide bonds. The van der Waals surface area contributed by atoms with Crippen LogP contribution in [0.2, 0.25) is 0 Å². The van der Waals surface area contributed by atoms with Crippen LogP contribution in [0.4, 0.5) is 0 Å². The molecule has 0 aromatic rings. The molecule has 112 valence electrons. The molecule has 1 aliphatic heterocycles. The molecule has 0 atom stereocenters. The van der Waals surface area contributed by atoms with Crippen molar-refractivity contribution < 1.29 is 8.42 Å². The summed E-state index contributed by atoms with van der Waals surface area (Å²) in [7, 11) is -1.29. The zero-order chi connectivity index (χ0) is 13.7. The number of nitrogens with zero attached hydrogens (tertiary/aromatic N) is 1. The SMILES string of the molecule is CNC1CCC(NS(=O)(=O)N2CCCCCC2)CC1. The summed E-state index contributed by atoms with van der Waals surface area (Å²) in [5, 5.41) is 3.27. The molecule has 1 aliphatic carbocycles. The lowest BCUT2D eigenvalue weighted by Crippen LogP contribution is -2.48. The average Bonchev–Trinajstić information content (AvgIpc) is 2.68. The first kappa shape index (κ1) is 15.2. The van der Waals surface area contributed by atoms with Crippen LogP contribution in [0.3, 0.4) is 0 Å². The molecule has 5 nitrogen and oxygen atoms in total. The molecule has 2 aliphatic rings. The predicted molar refractivity (Wildman–Crippen MR) is 77.2 cm³/mol. The second-order valence-electron chi connectivity index (χ2n) is 5.77. The summed E-state index contributed by atoms with van der Waals surface area (Å²) in [6.45, 7) is 1.36. The minimum atomic E-state index is -3.27. The Balaban J connectivity index is 1.86. The third-order valence-corrected chi connectivity index (χ3v) is 6.03. The second kappa shape index (κ2) is 7.02. The molecule has 2 fully saturated rings. The molecular weight excluding hydrogens is 262 g/mol. The van der Waals surface area contributed by atoms with Gasteiger partial charge in [0.1, 0.15) is 0 Å². The summed E-state index contributed by atoms with van der Waals surface area (Å²) < 4.78 is 29.3. The summed E-state index contributed by atoms with van der Waals surface area (Å²) in [6.07, 6.45) is 8.30. The summed E-state index contributed by atoms with van der Waals surface area (Å²) in [6, 6.07) is 0.678. The average molecular weight is 289 g/mol. The fourth-order valence-electron chi connectivity index (χ4n) is 3.07. The summed E-state index contributed by atoms with van der Waals surface area (Å²) >= 11 is 0. The molecule has 0 radical (unpaired) electrons. The lowest BCUT2D eigenvalue weighted by Gasteiger charge is -2.30. The third-order valence-electron chi connectivity index (χ3n) is 4.36. The van der Waals surface area contributed by atoms with Crippen LogP contribution in [0.5, 0.6) is 0 Å². The van der Waals surface area contributed by atoms with E-state index in [0.717, 1.165) is 51.4 Å². The van der Waals surface area contributed by atoms with Crippen molar-refractivity contribution >= 4 is 10.2 Å². The maximum Gasteiger partial charge on any atom is 0.279 e. The molecule has 0 unspecified atom stereocenters. The van der Waals surface area contributed by atoms with Gasteiger partial charge in [-0.15, -0.1) is 0 Å². The van der Waals surface area contributed by atoms with Gasteiger partial charge in [0.25, 0.3) is 10.2 Å². The van der Waals surface area contributed by atoms with Crippen molar-refractivity contribution in [2.45, 2.75) is 63.5 Å². The van der Waals surface area contributed by atoms with Crippen LogP contribution in [0.1, 0.15) is 51.4 Å². The van der Waals surface area contributed by atoms with Crippen molar-refractivity contribution in [2.75, 3.05) is 20.1 Å².